The smallest absolute Gasteiger partial charge is 0.247 e. The first-order chi connectivity index (χ1) is 13.8. The van der Waals surface area contributed by atoms with Gasteiger partial charge in [-0.3, -0.25) is 9.67 Å². The number of ether oxygens (including phenoxy) is 1. The van der Waals surface area contributed by atoms with Crippen LogP contribution in [0.4, 0.5) is 17.3 Å². The highest BCUT2D eigenvalue weighted by Crippen LogP contribution is 2.23. The highest BCUT2D eigenvalue weighted by molar-refractivity contribution is 5.63. The van der Waals surface area contributed by atoms with E-state index in [1.54, 1.807) is 27.8 Å². The number of hydrogen-bond acceptors (Lipinski definition) is 7. The Morgan fingerprint density at radius 3 is 2.61 bits per heavy atom. The minimum atomic E-state index is 0.525. The molecule has 0 saturated carbocycles. The van der Waals surface area contributed by atoms with Crippen molar-refractivity contribution in [1.82, 2.24) is 29.4 Å². The fourth-order valence-electron chi connectivity index (χ4n) is 3.32. The summed E-state index contributed by atoms with van der Waals surface area (Å²) in [5.74, 6) is 0.525. The van der Waals surface area contributed by atoms with Crippen LogP contribution in [0.2, 0.25) is 0 Å². The van der Waals surface area contributed by atoms with Crippen molar-refractivity contribution in [3.63, 3.8) is 0 Å². The Bertz CT molecular complexity index is 1090. The van der Waals surface area contributed by atoms with E-state index in [0.717, 1.165) is 43.2 Å². The third-order valence-corrected chi connectivity index (χ3v) is 4.75. The molecule has 1 N–H and O–H groups in total. The molecule has 9 nitrogen and oxygen atoms in total. The summed E-state index contributed by atoms with van der Waals surface area (Å²) in [5.41, 5.74) is 4.58. The molecule has 0 atom stereocenters. The lowest BCUT2D eigenvalue weighted by molar-refractivity contribution is 0.122. The number of hydrogen-bond donors (Lipinski definition) is 1. The average Bonchev–Trinajstić information content (AvgIpc) is 3.34. The first-order valence-corrected chi connectivity index (χ1v) is 9.16. The van der Waals surface area contributed by atoms with Gasteiger partial charge in [-0.05, 0) is 24.3 Å². The van der Waals surface area contributed by atoms with Crippen LogP contribution in [0.1, 0.15) is 0 Å². The van der Waals surface area contributed by atoms with Crippen molar-refractivity contribution < 1.29 is 4.74 Å². The Morgan fingerprint density at radius 2 is 1.86 bits per heavy atom. The largest absolute Gasteiger partial charge is 0.378 e. The lowest BCUT2D eigenvalue weighted by Gasteiger charge is -2.28. The van der Waals surface area contributed by atoms with Crippen LogP contribution < -0.4 is 10.2 Å². The summed E-state index contributed by atoms with van der Waals surface area (Å²) in [5, 5.41) is 12.1. The zero-order chi connectivity index (χ0) is 18.9. The average molecular weight is 376 g/mol. The molecule has 4 aromatic rings. The van der Waals surface area contributed by atoms with Gasteiger partial charge >= 0.3 is 0 Å². The van der Waals surface area contributed by atoms with Crippen molar-refractivity contribution in [1.29, 1.82) is 0 Å². The molecule has 0 spiro atoms. The summed E-state index contributed by atoms with van der Waals surface area (Å²) in [7, 11) is 1.88. The molecule has 0 bridgehead atoms. The number of nitrogens with zero attached hydrogens (tertiary/aromatic N) is 7. The molecule has 1 aromatic carbocycles. The first kappa shape index (κ1) is 16.7. The van der Waals surface area contributed by atoms with Crippen LogP contribution in [0.3, 0.4) is 0 Å². The fourth-order valence-corrected chi connectivity index (χ4v) is 3.32. The standard InChI is InChI=1S/C19H20N8O/c1-25-13-14(10-21-25)17-11-20-12-18-23-19(24-27(17)18)22-15-2-4-16(5-3-15)26-6-8-28-9-7-26/h2-5,10-13H,6-9H2,1H3,(H,22,24). The zero-order valence-corrected chi connectivity index (χ0v) is 15.5. The number of benzene rings is 1. The Kier molecular flexibility index (Phi) is 4.13. The number of anilines is 3. The van der Waals surface area contributed by atoms with Gasteiger partial charge in [0.15, 0.2) is 5.65 Å². The summed E-state index contributed by atoms with van der Waals surface area (Å²) in [6, 6.07) is 8.28. The van der Waals surface area contributed by atoms with Crippen LogP contribution in [-0.4, -0.2) is 55.7 Å². The van der Waals surface area contributed by atoms with Crippen molar-refractivity contribution in [3.8, 4) is 11.3 Å². The molecule has 1 fully saturated rings. The van der Waals surface area contributed by atoms with E-state index in [-0.39, 0.29) is 0 Å². The summed E-state index contributed by atoms with van der Waals surface area (Å²) in [4.78, 5) is 11.1. The molecule has 1 aliphatic rings. The number of aromatic nitrogens is 6. The fraction of sp³-hybridized carbons (Fsp3) is 0.263. The molecule has 5 rings (SSSR count). The Morgan fingerprint density at radius 1 is 1.04 bits per heavy atom. The van der Waals surface area contributed by atoms with Crippen molar-refractivity contribution in [3.05, 3.63) is 49.1 Å². The van der Waals surface area contributed by atoms with Crippen LogP contribution in [0.15, 0.2) is 49.1 Å². The second kappa shape index (κ2) is 6.93. The summed E-state index contributed by atoms with van der Waals surface area (Å²) in [6.45, 7) is 3.40. The van der Waals surface area contributed by atoms with Gasteiger partial charge in [0.05, 0.1) is 37.5 Å². The van der Waals surface area contributed by atoms with Crippen molar-refractivity contribution >= 4 is 23.0 Å². The quantitative estimate of drug-likeness (QED) is 0.584. The van der Waals surface area contributed by atoms with Crippen molar-refractivity contribution in [2.24, 2.45) is 7.05 Å². The molecule has 142 valence electrons. The number of nitrogens with one attached hydrogen (secondary N) is 1. The number of rotatable bonds is 4. The van der Waals surface area contributed by atoms with Crippen molar-refractivity contribution in [2.75, 3.05) is 36.5 Å². The highest BCUT2D eigenvalue weighted by atomic mass is 16.5. The molecule has 3 aromatic heterocycles. The third kappa shape index (κ3) is 3.16. The van der Waals surface area contributed by atoms with Gasteiger partial charge in [-0.25, -0.2) is 4.52 Å². The molecule has 0 radical (unpaired) electrons. The Labute approximate surface area is 161 Å². The minimum absolute atomic E-state index is 0.525. The maximum atomic E-state index is 5.41. The second-order valence-electron chi connectivity index (χ2n) is 6.67. The van der Waals surface area contributed by atoms with Crippen LogP contribution in [0.25, 0.3) is 16.9 Å². The lowest BCUT2D eigenvalue weighted by Crippen LogP contribution is -2.36. The van der Waals surface area contributed by atoms with Gasteiger partial charge < -0.3 is 15.0 Å². The van der Waals surface area contributed by atoms with Gasteiger partial charge in [-0.1, -0.05) is 0 Å². The maximum Gasteiger partial charge on any atom is 0.247 e. The summed E-state index contributed by atoms with van der Waals surface area (Å²) in [6.07, 6.45) is 7.17. The van der Waals surface area contributed by atoms with E-state index < -0.39 is 0 Å². The second-order valence-corrected chi connectivity index (χ2v) is 6.67. The molecule has 1 saturated heterocycles. The SMILES string of the molecule is Cn1cc(-c2cncc3nc(Nc4ccc(N5CCOCC5)cc4)nn23)cn1. The molecular formula is C19H20N8O. The summed E-state index contributed by atoms with van der Waals surface area (Å²) >= 11 is 0. The van der Waals surface area contributed by atoms with Gasteiger partial charge in [0.2, 0.25) is 5.95 Å². The molecule has 9 heteroatoms. The van der Waals surface area contributed by atoms with E-state index in [9.17, 15) is 0 Å². The topological polar surface area (TPSA) is 85.4 Å². The lowest BCUT2D eigenvalue weighted by atomic mass is 10.2. The van der Waals surface area contributed by atoms with Crippen LogP contribution in [0, 0.1) is 0 Å². The molecule has 0 aliphatic carbocycles. The maximum absolute atomic E-state index is 5.41. The van der Waals surface area contributed by atoms with E-state index in [1.807, 2.05) is 25.4 Å². The van der Waals surface area contributed by atoms with Crippen LogP contribution in [0.5, 0.6) is 0 Å². The number of morpholine rings is 1. The molecule has 0 unspecified atom stereocenters. The summed E-state index contributed by atoms with van der Waals surface area (Å²) < 4.78 is 8.93. The number of fused-ring (bicyclic) bond motifs is 1. The predicted molar refractivity (Wildman–Crippen MR) is 106 cm³/mol. The van der Waals surface area contributed by atoms with Gasteiger partial charge in [0.25, 0.3) is 0 Å². The van der Waals surface area contributed by atoms with Crippen molar-refractivity contribution in [2.45, 2.75) is 0 Å². The third-order valence-electron chi connectivity index (χ3n) is 4.75. The van der Waals surface area contributed by atoms with Gasteiger partial charge in [-0.15, -0.1) is 5.10 Å². The Balaban J connectivity index is 1.39. The molecule has 4 heterocycles. The minimum Gasteiger partial charge on any atom is -0.378 e. The molecule has 28 heavy (non-hydrogen) atoms. The van der Waals surface area contributed by atoms with E-state index in [0.29, 0.717) is 11.6 Å². The molecule has 1 aliphatic heterocycles. The Hall–Kier alpha value is -3.46. The normalized spacial score (nSPS) is 14.5. The molecule has 0 amide bonds. The van der Waals surface area contributed by atoms with Gasteiger partial charge in [0, 0.05) is 43.3 Å². The predicted octanol–water partition coefficient (Wildman–Crippen LogP) is 2.10. The number of aryl methyl sites for hydroxylation is 1. The van der Waals surface area contributed by atoms with Gasteiger partial charge in [-0.2, -0.15) is 10.1 Å². The van der Waals surface area contributed by atoms with Crippen LogP contribution >= 0.6 is 0 Å². The first-order valence-electron chi connectivity index (χ1n) is 9.16. The molecular weight excluding hydrogens is 356 g/mol. The van der Waals surface area contributed by atoms with E-state index >= 15 is 0 Å². The van der Waals surface area contributed by atoms with Crippen LogP contribution in [-0.2, 0) is 11.8 Å². The van der Waals surface area contributed by atoms with E-state index in [1.165, 1.54) is 5.69 Å². The highest BCUT2D eigenvalue weighted by Gasteiger charge is 2.13. The monoisotopic (exact) mass is 376 g/mol. The van der Waals surface area contributed by atoms with E-state index in [2.05, 4.69) is 42.5 Å². The van der Waals surface area contributed by atoms with E-state index in [4.69, 9.17) is 4.74 Å². The van der Waals surface area contributed by atoms with Gasteiger partial charge in [0.1, 0.15) is 0 Å². The zero-order valence-electron chi connectivity index (χ0n) is 15.5.